The number of aromatic nitrogens is 2. The summed E-state index contributed by atoms with van der Waals surface area (Å²) in [5, 5.41) is -0.973. The van der Waals surface area contributed by atoms with Crippen molar-refractivity contribution < 1.29 is 13.2 Å². The maximum absolute atomic E-state index is 13.2. The number of benzene rings is 5. The molecule has 0 amide bonds. The fraction of sp³-hybridized carbons (Fsp3) is 0. The van der Waals surface area contributed by atoms with E-state index in [0.717, 1.165) is 33.4 Å². The highest BCUT2D eigenvalue weighted by Crippen LogP contribution is 2.40. The van der Waals surface area contributed by atoms with Gasteiger partial charge in [-0.05, 0) is 75.8 Å². The van der Waals surface area contributed by atoms with Crippen molar-refractivity contribution in [3.8, 4) is 44.8 Å². The summed E-state index contributed by atoms with van der Waals surface area (Å²) in [5.74, 6) is 0.338. The number of fused-ring (bicyclic) bond motifs is 5. The highest BCUT2D eigenvalue weighted by Gasteiger charge is 2.38. The van der Waals surface area contributed by atoms with Crippen LogP contribution in [-0.2, 0) is 9.84 Å². The van der Waals surface area contributed by atoms with Gasteiger partial charge in [-0.1, -0.05) is 78.9 Å². The standard InChI is InChI=1S/C32H20N2O3S/c35-32-34-29-14-8-7-13-28(29)33-31(34)27-20-23(15-16-30(27)38(32,36)37)26-18-24(21-9-3-1-4-10-21)17-25(19-26)22-11-5-2-6-12-22/h1-20H. The van der Waals surface area contributed by atoms with Gasteiger partial charge in [0.25, 0.3) is 9.84 Å². The minimum absolute atomic E-state index is 0.0171. The maximum atomic E-state index is 13.2. The summed E-state index contributed by atoms with van der Waals surface area (Å²) in [4.78, 5) is 17.7. The van der Waals surface area contributed by atoms with Gasteiger partial charge >= 0.3 is 5.24 Å². The normalized spacial score (nSPS) is 13.7. The van der Waals surface area contributed by atoms with Crippen molar-refractivity contribution in [2.45, 2.75) is 4.90 Å². The van der Waals surface area contributed by atoms with Crippen molar-refractivity contribution in [2.75, 3.05) is 0 Å². The number of hydrogen-bond acceptors (Lipinski definition) is 4. The molecule has 5 nitrogen and oxygen atoms in total. The molecule has 7 rings (SSSR count). The third-order valence-electron chi connectivity index (χ3n) is 6.96. The van der Waals surface area contributed by atoms with Crippen molar-refractivity contribution in [3.63, 3.8) is 0 Å². The summed E-state index contributed by atoms with van der Waals surface area (Å²) in [6, 6.07) is 38.9. The molecule has 0 spiro atoms. The van der Waals surface area contributed by atoms with E-state index >= 15 is 0 Å². The van der Waals surface area contributed by atoms with Crippen LogP contribution < -0.4 is 0 Å². The fourth-order valence-electron chi connectivity index (χ4n) is 5.11. The molecule has 6 heteroatoms. The summed E-state index contributed by atoms with van der Waals surface area (Å²) in [6.07, 6.45) is 0. The Morgan fingerprint density at radius 3 is 1.74 bits per heavy atom. The number of rotatable bonds is 3. The predicted octanol–water partition coefficient (Wildman–Crippen LogP) is 7.46. The lowest BCUT2D eigenvalue weighted by atomic mass is 9.93. The quantitative estimate of drug-likeness (QED) is 0.247. The second-order valence-corrected chi connectivity index (χ2v) is 11.1. The van der Waals surface area contributed by atoms with Gasteiger partial charge in [0.05, 0.1) is 15.9 Å². The Morgan fingerprint density at radius 2 is 1.11 bits per heavy atom. The van der Waals surface area contributed by atoms with Crippen LogP contribution in [0, 0.1) is 0 Å². The van der Waals surface area contributed by atoms with Crippen LogP contribution in [0.3, 0.4) is 0 Å². The molecule has 0 unspecified atom stereocenters. The van der Waals surface area contributed by atoms with Crippen LogP contribution in [0.25, 0.3) is 55.8 Å². The summed E-state index contributed by atoms with van der Waals surface area (Å²) >= 11 is 0. The molecule has 1 aliphatic rings. The van der Waals surface area contributed by atoms with Crippen LogP contribution in [-0.4, -0.2) is 23.2 Å². The average Bonchev–Trinajstić information content (AvgIpc) is 3.36. The van der Waals surface area contributed by atoms with E-state index in [-0.39, 0.29) is 4.90 Å². The highest BCUT2D eigenvalue weighted by molar-refractivity contribution is 8.06. The van der Waals surface area contributed by atoms with Gasteiger partial charge in [-0.3, -0.25) is 4.79 Å². The van der Waals surface area contributed by atoms with Gasteiger partial charge < -0.3 is 0 Å². The molecule has 0 N–H and O–H groups in total. The van der Waals surface area contributed by atoms with Gasteiger partial charge in [-0.15, -0.1) is 0 Å². The topological polar surface area (TPSA) is 69.0 Å². The van der Waals surface area contributed by atoms with Crippen LogP contribution in [0.2, 0.25) is 0 Å². The van der Waals surface area contributed by atoms with Crippen LogP contribution >= 0.6 is 0 Å². The Hall–Kier alpha value is -4.81. The summed E-state index contributed by atoms with van der Waals surface area (Å²) in [5.41, 5.74) is 7.51. The number of carbonyl (C=O) groups excluding carboxylic acids is 1. The van der Waals surface area contributed by atoms with E-state index in [1.54, 1.807) is 24.3 Å². The van der Waals surface area contributed by atoms with Crippen molar-refractivity contribution in [1.82, 2.24) is 9.55 Å². The van der Waals surface area contributed by atoms with E-state index in [9.17, 15) is 13.2 Å². The molecule has 0 radical (unpaired) electrons. The Morgan fingerprint density at radius 1 is 0.553 bits per heavy atom. The van der Waals surface area contributed by atoms with Gasteiger partial charge in [0.15, 0.2) is 0 Å². The third kappa shape index (κ3) is 3.42. The molecule has 38 heavy (non-hydrogen) atoms. The molecular weight excluding hydrogens is 492 g/mol. The predicted molar refractivity (Wildman–Crippen MR) is 149 cm³/mol. The Bertz CT molecular complexity index is 1940. The number of para-hydroxylation sites is 2. The fourth-order valence-corrected chi connectivity index (χ4v) is 6.41. The lowest BCUT2D eigenvalue weighted by Gasteiger charge is -2.19. The van der Waals surface area contributed by atoms with Gasteiger partial charge in [0, 0.05) is 5.56 Å². The van der Waals surface area contributed by atoms with Gasteiger partial charge in [-0.2, -0.15) is 0 Å². The first kappa shape index (κ1) is 22.4. The molecule has 5 aromatic carbocycles. The first-order chi connectivity index (χ1) is 18.5. The summed E-state index contributed by atoms with van der Waals surface area (Å²) < 4.78 is 27.7. The molecule has 2 heterocycles. The van der Waals surface area contributed by atoms with Crippen molar-refractivity contribution in [3.05, 3.63) is 121 Å². The molecule has 0 bridgehead atoms. The van der Waals surface area contributed by atoms with Crippen LogP contribution in [0.4, 0.5) is 4.79 Å². The van der Waals surface area contributed by atoms with Gasteiger partial charge in [0.2, 0.25) is 0 Å². The van der Waals surface area contributed by atoms with Crippen molar-refractivity contribution in [1.29, 1.82) is 0 Å². The first-order valence-corrected chi connectivity index (χ1v) is 13.7. The smallest absolute Gasteiger partial charge is 0.255 e. The lowest BCUT2D eigenvalue weighted by molar-refractivity contribution is 0.260. The molecule has 0 atom stereocenters. The van der Waals surface area contributed by atoms with E-state index in [1.807, 2.05) is 48.5 Å². The second kappa shape index (κ2) is 8.36. The van der Waals surface area contributed by atoms with E-state index in [1.165, 1.54) is 10.6 Å². The zero-order valence-electron chi connectivity index (χ0n) is 20.1. The molecule has 0 saturated heterocycles. The number of carbonyl (C=O) groups is 1. The summed E-state index contributed by atoms with van der Waals surface area (Å²) in [7, 11) is -4.21. The molecule has 1 aliphatic heterocycles. The number of nitrogens with zero attached hydrogens (tertiary/aromatic N) is 2. The average molecular weight is 513 g/mol. The van der Waals surface area contributed by atoms with Crippen LogP contribution in [0.15, 0.2) is 126 Å². The first-order valence-electron chi connectivity index (χ1n) is 12.2. The van der Waals surface area contributed by atoms with Crippen molar-refractivity contribution >= 4 is 26.1 Å². The maximum Gasteiger partial charge on any atom is 0.354 e. The molecule has 182 valence electrons. The molecule has 1 aromatic heterocycles. The minimum atomic E-state index is -4.21. The zero-order chi connectivity index (χ0) is 25.9. The van der Waals surface area contributed by atoms with Crippen LogP contribution in [0.1, 0.15) is 0 Å². The van der Waals surface area contributed by atoms with E-state index in [4.69, 9.17) is 0 Å². The molecule has 6 aromatic rings. The highest BCUT2D eigenvalue weighted by atomic mass is 32.2. The SMILES string of the molecule is O=C1n2c(nc3ccccc32)-c2cc(-c3cc(-c4ccccc4)cc(-c4ccccc4)c3)ccc2S1(=O)=O. The van der Waals surface area contributed by atoms with E-state index in [0.29, 0.717) is 22.4 Å². The number of hydrogen-bond donors (Lipinski definition) is 0. The number of imidazole rings is 1. The lowest BCUT2D eigenvalue weighted by Crippen LogP contribution is -2.27. The van der Waals surface area contributed by atoms with Crippen molar-refractivity contribution in [2.24, 2.45) is 0 Å². The Kier molecular flexibility index (Phi) is 4.93. The number of sulfone groups is 1. The molecule has 0 aliphatic carbocycles. The van der Waals surface area contributed by atoms with Gasteiger partial charge in [0.1, 0.15) is 5.82 Å². The summed E-state index contributed by atoms with van der Waals surface area (Å²) in [6.45, 7) is 0. The Balaban J connectivity index is 1.47. The van der Waals surface area contributed by atoms with Crippen LogP contribution in [0.5, 0.6) is 0 Å². The van der Waals surface area contributed by atoms with E-state index in [2.05, 4.69) is 47.4 Å². The molecular formula is C32H20N2O3S. The second-order valence-electron chi connectivity index (χ2n) is 9.27. The minimum Gasteiger partial charge on any atom is -0.255 e. The Labute approximate surface area is 219 Å². The largest absolute Gasteiger partial charge is 0.354 e. The third-order valence-corrected chi connectivity index (χ3v) is 8.54. The monoisotopic (exact) mass is 512 g/mol. The molecule has 0 saturated carbocycles. The zero-order valence-corrected chi connectivity index (χ0v) is 20.9. The van der Waals surface area contributed by atoms with E-state index < -0.39 is 15.1 Å². The van der Waals surface area contributed by atoms with Gasteiger partial charge in [-0.25, -0.2) is 18.0 Å². The molecule has 0 fully saturated rings.